The number of hydrogen-bond acceptors (Lipinski definition) is 5. The number of benzene rings is 2. The fourth-order valence-corrected chi connectivity index (χ4v) is 2.34. The number of fused-ring (bicyclic) bond motifs is 1. The Morgan fingerprint density at radius 1 is 1.15 bits per heavy atom. The largest absolute Gasteiger partial charge is 0.493 e. The van der Waals surface area contributed by atoms with Crippen LogP contribution in [0.1, 0.15) is 5.56 Å². The van der Waals surface area contributed by atoms with E-state index >= 15 is 0 Å². The van der Waals surface area contributed by atoms with Gasteiger partial charge in [0.1, 0.15) is 6.61 Å². The average molecular weight is 365 g/mol. The molecule has 6 nitrogen and oxygen atoms in total. The molecule has 0 saturated carbocycles. The second kappa shape index (κ2) is 9.20. The minimum Gasteiger partial charge on any atom is -0.493 e. The monoisotopic (exact) mass is 365 g/mol. The maximum atomic E-state index is 11.8. The van der Waals surface area contributed by atoms with Gasteiger partial charge in [-0.05, 0) is 35.9 Å². The number of nitrogens with one attached hydrogen (secondary N) is 1. The Balaban J connectivity index is 1.40. The predicted molar refractivity (Wildman–Crippen MR) is 101 cm³/mol. The molecule has 0 aromatic heterocycles. The molecule has 138 valence electrons. The molecule has 1 aliphatic rings. The molecule has 2 aromatic rings. The Bertz CT molecular complexity index is 895. The summed E-state index contributed by atoms with van der Waals surface area (Å²) in [6.07, 6.45) is 3.15. The fourth-order valence-electron chi connectivity index (χ4n) is 2.34. The number of carbonyl (C=O) groups is 1. The molecule has 0 bridgehead atoms. The number of rotatable bonds is 6. The third kappa shape index (κ3) is 5.19. The number of hydrogen-bond donors (Lipinski definition) is 1. The summed E-state index contributed by atoms with van der Waals surface area (Å²) in [5.74, 6) is 8.13. The van der Waals surface area contributed by atoms with Crippen LogP contribution in [0, 0.1) is 11.8 Å². The smallest absolute Gasteiger partial charge is 0.244 e. The molecule has 0 atom stereocenters. The van der Waals surface area contributed by atoms with Crippen LogP contribution in [0.25, 0.3) is 6.08 Å². The Morgan fingerprint density at radius 2 is 1.96 bits per heavy atom. The molecular formula is C21H19NO5. The van der Waals surface area contributed by atoms with Gasteiger partial charge >= 0.3 is 0 Å². The maximum Gasteiger partial charge on any atom is 0.244 e. The zero-order chi connectivity index (χ0) is 18.9. The minimum atomic E-state index is -0.229. The van der Waals surface area contributed by atoms with Crippen molar-refractivity contribution < 1.29 is 23.7 Å². The van der Waals surface area contributed by atoms with E-state index in [1.54, 1.807) is 13.2 Å². The molecule has 0 unspecified atom stereocenters. The van der Waals surface area contributed by atoms with Gasteiger partial charge in [-0.15, -0.1) is 0 Å². The molecule has 1 N–H and O–H groups in total. The van der Waals surface area contributed by atoms with Crippen molar-refractivity contribution in [2.45, 2.75) is 0 Å². The topological polar surface area (TPSA) is 66.0 Å². The second-order valence-corrected chi connectivity index (χ2v) is 5.46. The van der Waals surface area contributed by atoms with Crippen molar-refractivity contribution in [1.29, 1.82) is 0 Å². The van der Waals surface area contributed by atoms with E-state index in [9.17, 15) is 4.79 Å². The second-order valence-electron chi connectivity index (χ2n) is 5.46. The molecule has 0 aliphatic carbocycles. The van der Waals surface area contributed by atoms with Crippen molar-refractivity contribution in [3.8, 4) is 34.8 Å². The maximum absolute atomic E-state index is 11.8. The first-order valence-electron chi connectivity index (χ1n) is 8.33. The Morgan fingerprint density at radius 3 is 2.81 bits per heavy atom. The van der Waals surface area contributed by atoms with E-state index < -0.39 is 0 Å². The van der Waals surface area contributed by atoms with Crippen LogP contribution < -0.4 is 24.3 Å². The van der Waals surface area contributed by atoms with Crippen LogP contribution in [0.15, 0.2) is 48.5 Å². The Labute approximate surface area is 157 Å². The molecule has 3 rings (SSSR count). The molecule has 1 amide bonds. The highest BCUT2D eigenvalue weighted by Crippen LogP contribution is 2.32. The lowest BCUT2D eigenvalue weighted by Gasteiger charge is -2.07. The van der Waals surface area contributed by atoms with E-state index in [2.05, 4.69) is 17.2 Å². The minimum absolute atomic E-state index is 0.212. The van der Waals surface area contributed by atoms with Crippen LogP contribution in [-0.2, 0) is 4.79 Å². The van der Waals surface area contributed by atoms with E-state index in [1.165, 1.54) is 6.08 Å². The predicted octanol–water partition coefficient (Wildman–Crippen LogP) is 2.64. The van der Waals surface area contributed by atoms with E-state index in [0.717, 1.165) is 5.56 Å². The van der Waals surface area contributed by atoms with Gasteiger partial charge in [-0.2, -0.15) is 0 Å². The molecule has 0 fully saturated rings. The number of carbonyl (C=O) groups excluding carboxylic acids is 1. The first kappa shape index (κ1) is 18.2. The lowest BCUT2D eigenvalue weighted by Crippen LogP contribution is -2.21. The fraction of sp³-hybridized carbons (Fsp3) is 0.190. The Kier molecular flexibility index (Phi) is 6.21. The molecule has 1 aliphatic heterocycles. The normalized spacial score (nSPS) is 11.6. The van der Waals surface area contributed by atoms with Crippen molar-refractivity contribution in [2.75, 3.05) is 27.1 Å². The van der Waals surface area contributed by atoms with Crippen LogP contribution >= 0.6 is 0 Å². The third-order valence-electron chi connectivity index (χ3n) is 3.67. The van der Waals surface area contributed by atoms with Crippen molar-refractivity contribution in [3.05, 3.63) is 54.1 Å². The molecule has 2 aromatic carbocycles. The summed E-state index contributed by atoms with van der Waals surface area (Å²) < 4.78 is 21.3. The molecule has 0 spiro atoms. The summed E-state index contributed by atoms with van der Waals surface area (Å²) in [7, 11) is 1.58. The summed E-state index contributed by atoms with van der Waals surface area (Å²) >= 11 is 0. The van der Waals surface area contributed by atoms with Gasteiger partial charge in [0.15, 0.2) is 23.0 Å². The molecule has 1 heterocycles. The number of methoxy groups -OCH3 is 1. The standard InChI is InChI=1S/C21H19NO5/c1-24-17-6-2-3-7-18(17)25-13-5-4-12-22-21(23)11-9-16-8-10-19-20(14-16)27-15-26-19/h2-3,6-11,14H,12-13,15H2,1H3,(H,22,23)/b11-9+. The summed E-state index contributed by atoms with van der Waals surface area (Å²) in [6, 6.07) is 12.8. The third-order valence-corrected chi connectivity index (χ3v) is 3.67. The van der Waals surface area contributed by atoms with Crippen molar-refractivity contribution in [1.82, 2.24) is 5.32 Å². The SMILES string of the molecule is COc1ccccc1OCC#CCNC(=O)/C=C/c1ccc2c(c1)OCO2. The molecule has 27 heavy (non-hydrogen) atoms. The highest BCUT2D eigenvalue weighted by Gasteiger charge is 2.12. The van der Waals surface area contributed by atoms with E-state index in [1.807, 2.05) is 42.5 Å². The quantitative estimate of drug-likeness (QED) is 0.630. The summed E-state index contributed by atoms with van der Waals surface area (Å²) in [5.41, 5.74) is 0.852. The van der Waals surface area contributed by atoms with Gasteiger partial charge in [-0.1, -0.05) is 30.0 Å². The van der Waals surface area contributed by atoms with Crippen LogP contribution in [0.2, 0.25) is 0 Å². The van der Waals surface area contributed by atoms with Crippen LogP contribution in [0.5, 0.6) is 23.0 Å². The van der Waals surface area contributed by atoms with Gasteiger partial charge in [0.25, 0.3) is 0 Å². The first-order valence-corrected chi connectivity index (χ1v) is 8.33. The summed E-state index contributed by atoms with van der Waals surface area (Å²) in [4.78, 5) is 11.8. The Hall–Kier alpha value is -3.59. The number of para-hydroxylation sites is 2. The lowest BCUT2D eigenvalue weighted by atomic mass is 10.2. The number of amides is 1. The number of ether oxygens (including phenoxy) is 4. The van der Waals surface area contributed by atoms with E-state index in [-0.39, 0.29) is 25.9 Å². The zero-order valence-electron chi connectivity index (χ0n) is 14.9. The van der Waals surface area contributed by atoms with Gasteiger partial charge in [0.05, 0.1) is 13.7 Å². The van der Waals surface area contributed by atoms with E-state index in [4.69, 9.17) is 18.9 Å². The first-order chi connectivity index (χ1) is 13.3. The van der Waals surface area contributed by atoms with Gasteiger partial charge < -0.3 is 24.3 Å². The van der Waals surface area contributed by atoms with Gasteiger partial charge in [0.2, 0.25) is 12.7 Å². The van der Waals surface area contributed by atoms with E-state index in [0.29, 0.717) is 23.0 Å². The van der Waals surface area contributed by atoms with Gasteiger partial charge in [0, 0.05) is 6.08 Å². The van der Waals surface area contributed by atoms with Crippen molar-refractivity contribution >= 4 is 12.0 Å². The lowest BCUT2D eigenvalue weighted by molar-refractivity contribution is -0.116. The van der Waals surface area contributed by atoms with Gasteiger partial charge in [-0.3, -0.25) is 4.79 Å². The van der Waals surface area contributed by atoms with Crippen molar-refractivity contribution in [3.63, 3.8) is 0 Å². The average Bonchev–Trinajstić information content (AvgIpc) is 3.17. The summed E-state index contributed by atoms with van der Waals surface area (Å²) in [6.45, 7) is 0.672. The van der Waals surface area contributed by atoms with Crippen LogP contribution in [0.4, 0.5) is 0 Å². The molecular weight excluding hydrogens is 346 g/mol. The highest BCUT2D eigenvalue weighted by molar-refractivity contribution is 5.91. The molecule has 0 saturated heterocycles. The van der Waals surface area contributed by atoms with Crippen molar-refractivity contribution in [2.24, 2.45) is 0 Å². The van der Waals surface area contributed by atoms with Crippen LogP contribution in [0.3, 0.4) is 0 Å². The molecule has 6 heteroatoms. The van der Waals surface area contributed by atoms with Gasteiger partial charge in [-0.25, -0.2) is 0 Å². The summed E-state index contributed by atoms with van der Waals surface area (Å²) in [5, 5.41) is 2.69. The molecule has 0 radical (unpaired) electrons. The highest BCUT2D eigenvalue weighted by atomic mass is 16.7. The van der Waals surface area contributed by atoms with Crippen LogP contribution in [-0.4, -0.2) is 33.0 Å². The zero-order valence-corrected chi connectivity index (χ0v) is 14.9.